The lowest BCUT2D eigenvalue weighted by Crippen LogP contribution is -2.08. The summed E-state index contributed by atoms with van der Waals surface area (Å²) in [6.07, 6.45) is 3.88. The van der Waals surface area contributed by atoms with Gasteiger partial charge in [-0.1, -0.05) is 0 Å². The predicted octanol–water partition coefficient (Wildman–Crippen LogP) is 1.89. The van der Waals surface area contributed by atoms with Gasteiger partial charge in [-0.2, -0.15) is 0 Å². The molecule has 0 spiro atoms. The minimum Gasteiger partial charge on any atom is -0.493 e. The van der Waals surface area contributed by atoms with Gasteiger partial charge in [0.05, 0.1) is 18.5 Å². The van der Waals surface area contributed by atoms with Crippen molar-refractivity contribution in [2.75, 3.05) is 6.61 Å². The van der Waals surface area contributed by atoms with Gasteiger partial charge in [0.15, 0.2) is 0 Å². The van der Waals surface area contributed by atoms with Crippen molar-refractivity contribution in [2.24, 2.45) is 0 Å². The number of nitrogens with one attached hydrogen (secondary N) is 1. The van der Waals surface area contributed by atoms with E-state index < -0.39 is 0 Å². The number of hydrogen-bond donors (Lipinski definition) is 2. The Bertz CT molecular complexity index is 534. The molecule has 2 aromatic rings. The van der Waals surface area contributed by atoms with Gasteiger partial charge < -0.3 is 14.8 Å². The van der Waals surface area contributed by atoms with Crippen LogP contribution in [0.2, 0.25) is 0 Å². The number of nitrogens with zero attached hydrogens (tertiary/aromatic N) is 1. The SMILES string of the molecule is OCc1ncc(-c2ccc3c(c2)CCCO3)[nH]1. The van der Waals surface area contributed by atoms with Crippen LogP contribution in [0.3, 0.4) is 0 Å². The fourth-order valence-corrected chi connectivity index (χ4v) is 2.12. The maximum absolute atomic E-state index is 8.98. The molecule has 0 unspecified atom stereocenters. The Balaban J connectivity index is 1.97. The first-order valence-electron chi connectivity index (χ1n) is 5.77. The van der Waals surface area contributed by atoms with E-state index in [-0.39, 0.29) is 6.61 Å². The molecule has 0 radical (unpaired) electrons. The minimum atomic E-state index is -0.0615. The monoisotopic (exact) mass is 230 g/mol. The molecule has 2 heterocycles. The second-order valence-corrected chi connectivity index (χ2v) is 4.18. The number of hydrogen-bond acceptors (Lipinski definition) is 3. The highest BCUT2D eigenvalue weighted by Gasteiger charge is 2.12. The summed E-state index contributed by atoms with van der Waals surface area (Å²) < 4.78 is 5.57. The predicted molar refractivity (Wildman–Crippen MR) is 63.8 cm³/mol. The highest BCUT2D eigenvalue weighted by atomic mass is 16.5. The van der Waals surface area contributed by atoms with E-state index in [2.05, 4.69) is 16.0 Å². The Kier molecular flexibility index (Phi) is 2.57. The smallest absolute Gasteiger partial charge is 0.132 e. The van der Waals surface area contributed by atoms with Gasteiger partial charge in [-0.15, -0.1) is 0 Å². The van der Waals surface area contributed by atoms with Gasteiger partial charge in [0, 0.05) is 5.56 Å². The molecule has 0 saturated carbocycles. The Morgan fingerprint density at radius 2 is 2.35 bits per heavy atom. The topological polar surface area (TPSA) is 58.1 Å². The minimum absolute atomic E-state index is 0.0615. The summed E-state index contributed by atoms with van der Waals surface area (Å²) in [5.74, 6) is 1.58. The van der Waals surface area contributed by atoms with E-state index in [1.165, 1.54) is 5.56 Å². The van der Waals surface area contributed by atoms with Gasteiger partial charge in [-0.05, 0) is 36.6 Å². The van der Waals surface area contributed by atoms with Crippen LogP contribution in [0.4, 0.5) is 0 Å². The largest absolute Gasteiger partial charge is 0.493 e. The zero-order valence-corrected chi connectivity index (χ0v) is 9.44. The molecule has 0 atom stereocenters. The first-order valence-corrected chi connectivity index (χ1v) is 5.77. The Hall–Kier alpha value is -1.81. The van der Waals surface area contributed by atoms with E-state index in [9.17, 15) is 0 Å². The van der Waals surface area contributed by atoms with Crippen LogP contribution >= 0.6 is 0 Å². The average molecular weight is 230 g/mol. The standard InChI is InChI=1S/C13H14N2O2/c16-8-13-14-7-11(15-13)9-3-4-12-10(6-9)2-1-5-17-12/h3-4,6-7,16H,1-2,5,8H2,(H,14,15). The van der Waals surface area contributed by atoms with Crippen LogP contribution < -0.4 is 4.74 Å². The molecule has 2 N–H and O–H groups in total. The van der Waals surface area contributed by atoms with Crippen LogP contribution in [0.15, 0.2) is 24.4 Å². The molecule has 0 fully saturated rings. The van der Waals surface area contributed by atoms with Crippen LogP contribution in [-0.4, -0.2) is 21.7 Å². The summed E-state index contributed by atoms with van der Waals surface area (Å²) in [6.45, 7) is 0.749. The van der Waals surface area contributed by atoms with Crippen LogP contribution in [0.25, 0.3) is 11.3 Å². The molecule has 17 heavy (non-hydrogen) atoms. The first kappa shape index (κ1) is 10.4. The molecule has 0 bridgehead atoms. The normalized spacial score (nSPS) is 14.2. The third kappa shape index (κ3) is 1.91. The fraction of sp³-hybridized carbons (Fsp3) is 0.308. The highest BCUT2D eigenvalue weighted by molar-refractivity contribution is 5.61. The number of benzene rings is 1. The van der Waals surface area contributed by atoms with E-state index in [4.69, 9.17) is 9.84 Å². The summed E-state index contributed by atoms with van der Waals surface area (Å²) in [6, 6.07) is 6.14. The number of aliphatic hydroxyl groups is 1. The van der Waals surface area contributed by atoms with Crippen molar-refractivity contribution in [3.05, 3.63) is 35.8 Å². The van der Waals surface area contributed by atoms with Gasteiger partial charge in [0.1, 0.15) is 18.2 Å². The quantitative estimate of drug-likeness (QED) is 0.828. The van der Waals surface area contributed by atoms with Crippen molar-refractivity contribution in [2.45, 2.75) is 19.4 Å². The van der Waals surface area contributed by atoms with Gasteiger partial charge in [0.25, 0.3) is 0 Å². The third-order valence-corrected chi connectivity index (χ3v) is 3.00. The molecule has 0 amide bonds. The number of H-pyrrole nitrogens is 1. The number of aromatic nitrogens is 2. The van der Waals surface area contributed by atoms with Gasteiger partial charge in [-0.3, -0.25) is 0 Å². The van der Waals surface area contributed by atoms with E-state index in [1.807, 2.05) is 12.1 Å². The summed E-state index contributed by atoms with van der Waals surface area (Å²) in [5, 5.41) is 8.98. The van der Waals surface area contributed by atoms with Crippen LogP contribution in [0.5, 0.6) is 5.75 Å². The summed E-state index contributed by atoms with van der Waals surface area (Å²) in [4.78, 5) is 7.17. The van der Waals surface area contributed by atoms with Crippen LogP contribution in [0, 0.1) is 0 Å². The van der Waals surface area contributed by atoms with Crippen molar-refractivity contribution in [1.29, 1.82) is 0 Å². The number of rotatable bonds is 2. The molecule has 3 rings (SSSR count). The zero-order chi connectivity index (χ0) is 11.7. The van der Waals surface area contributed by atoms with Crippen LogP contribution in [-0.2, 0) is 13.0 Å². The molecule has 1 aliphatic rings. The number of ether oxygens (including phenoxy) is 1. The second kappa shape index (κ2) is 4.22. The van der Waals surface area contributed by atoms with Crippen molar-refractivity contribution in [1.82, 2.24) is 9.97 Å². The number of aromatic amines is 1. The van der Waals surface area contributed by atoms with E-state index >= 15 is 0 Å². The molecular formula is C13H14N2O2. The van der Waals surface area contributed by atoms with Gasteiger partial charge >= 0.3 is 0 Å². The molecule has 1 aromatic heterocycles. The van der Waals surface area contributed by atoms with E-state index in [0.29, 0.717) is 5.82 Å². The Labute approximate surface area is 99.3 Å². The van der Waals surface area contributed by atoms with E-state index in [1.54, 1.807) is 6.20 Å². The molecule has 1 aromatic carbocycles. The fourth-order valence-electron chi connectivity index (χ4n) is 2.12. The molecule has 4 heteroatoms. The van der Waals surface area contributed by atoms with Crippen LogP contribution in [0.1, 0.15) is 17.8 Å². The lowest BCUT2D eigenvalue weighted by Gasteiger charge is -2.17. The van der Waals surface area contributed by atoms with Crippen molar-refractivity contribution in [3.8, 4) is 17.0 Å². The lowest BCUT2D eigenvalue weighted by molar-refractivity contribution is 0.272. The molecule has 0 aliphatic carbocycles. The zero-order valence-electron chi connectivity index (χ0n) is 9.44. The van der Waals surface area contributed by atoms with Crippen molar-refractivity contribution < 1.29 is 9.84 Å². The summed E-state index contributed by atoms with van der Waals surface area (Å²) in [5.41, 5.74) is 3.26. The maximum Gasteiger partial charge on any atom is 0.132 e. The van der Waals surface area contributed by atoms with Gasteiger partial charge in [0.2, 0.25) is 0 Å². The number of aliphatic hydroxyl groups excluding tert-OH is 1. The second-order valence-electron chi connectivity index (χ2n) is 4.18. The molecule has 1 aliphatic heterocycles. The Morgan fingerprint density at radius 1 is 1.41 bits per heavy atom. The van der Waals surface area contributed by atoms with Crippen molar-refractivity contribution >= 4 is 0 Å². The molecule has 0 saturated heterocycles. The molecular weight excluding hydrogens is 216 g/mol. The number of imidazole rings is 1. The van der Waals surface area contributed by atoms with E-state index in [0.717, 1.165) is 36.5 Å². The highest BCUT2D eigenvalue weighted by Crippen LogP contribution is 2.29. The molecule has 88 valence electrons. The molecule has 4 nitrogen and oxygen atoms in total. The summed E-state index contributed by atoms with van der Waals surface area (Å²) in [7, 11) is 0. The van der Waals surface area contributed by atoms with Gasteiger partial charge in [-0.25, -0.2) is 4.98 Å². The number of aryl methyl sites for hydroxylation is 1. The van der Waals surface area contributed by atoms with Crippen molar-refractivity contribution in [3.63, 3.8) is 0 Å². The maximum atomic E-state index is 8.98. The average Bonchev–Trinajstić information content (AvgIpc) is 2.87. The Morgan fingerprint density at radius 3 is 3.18 bits per heavy atom. The first-order chi connectivity index (χ1) is 8.36. The number of fused-ring (bicyclic) bond motifs is 1. The summed E-state index contributed by atoms with van der Waals surface area (Å²) >= 11 is 0. The third-order valence-electron chi connectivity index (χ3n) is 3.00. The lowest BCUT2D eigenvalue weighted by atomic mass is 10.0.